The highest BCUT2D eigenvalue weighted by Gasteiger charge is 2.09. The molecule has 0 radical (unpaired) electrons. The zero-order chi connectivity index (χ0) is 13.3. The molecule has 0 aromatic carbocycles. The molecule has 6 heteroatoms. The largest absolute Gasteiger partial charge is 0.477 e. The van der Waals surface area contributed by atoms with Crippen LogP contribution in [-0.4, -0.2) is 20.6 Å². The van der Waals surface area contributed by atoms with Crippen LogP contribution in [0.4, 0.5) is 0 Å². The summed E-state index contributed by atoms with van der Waals surface area (Å²) >= 11 is 1.17. The third kappa shape index (κ3) is 2.48. The van der Waals surface area contributed by atoms with Gasteiger partial charge in [0, 0.05) is 16.3 Å². The van der Waals surface area contributed by atoms with E-state index in [2.05, 4.69) is 4.98 Å². The average Bonchev–Trinajstić information content (AvgIpc) is 2.71. The van der Waals surface area contributed by atoms with Crippen molar-refractivity contribution in [3.63, 3.8) is 0 Å². The minimum Gasteiger partial charge on any atom is -0.477 e. The molecule has 0 amide bonds. The summed E-state index contributed by atoms with van der Waals surface area (Å²) < 4.78 is 1.53. The molecule has 0 atom stereocenters. The molecule has 0 aliphatic carbocycles. The monoisotopic (exact) mass is 264 g/mol. The molecule has 0 spiro atoms. The molecular weight excluding hydrogens is 252 g/mol. The lowest BCUT2D eigenvalue weighted by Gasteiger charge is -2.07. The van der Waals surface area contributed by atoms with Gasteiger partial charge in [-0.2, -0.15) is 4.98 Å². The highest BCUT2D eigenvalue weighted by Crippen LogP contribution is 2.17. The van der Waals surface area contributed by atoms with Crippen LogP contribution in [0, 0.1) is 13.8 Å². The summed E-state index contributed by atoms with van der Waals surface area (Å²) in [5.74, 6) is -0.947. The van der Waals surface area contributed by atoms with Gasteiger partial charge in [0.2, 0.25) is 0 Å². The first-order valence-corrected chi connectivity index (χ1v) is 6.16. The fraction of sp³-hybridized carbons (Fsp3) is 0.250. The van der Waals surface area contributed by atoms with E-state index in [-0.39, 0.29) is 10.6 Å². The predicted octanol–water partition coefficient (Wildman–Crippen LogP) is 1.67. The number of carboxylic acids is 1. The van der Waals surface area contributed by atoms with Crippen LogP contribution in [-0.2, 0) is 6.54 Å². The third-order valence-corrected chi connectivity index (χ3v) is 3.59. The first kappa shape index (κ1) is 12.5. The maximum Gasteiger partial charge on any atom is 0.348 e. The Morgan fingerprint density at radius 2 is 2.17 bits per heavy atom. The molecule has 0 unspecified atom stereocenters. The van der Waals surface area contributed by atoms with Crippen molar-refractivity contribution in [3.05, 3.63) is 49.8 Å². The molecule has 1 N–H and O–H groups in total. The van der Waals surface area contributed by atoms with Gasteiger partial charge >= 0.3 is 11.7 Å². The van der Waals surface area contributed by atoms with Gasteiger partial charge in [0.1, 0.15) is 4.88 Å². The van der Waals surface area contributed by atoms with E-state index in [1.807, 2.05) is 13.0 Å². The molecule has 5 nitrogen and oxygen atoms in total. The van der Waals surface area contributed by atoms with Crippen LogP contribution >= 0.6 is 11.3 Å². The summed E-state index contributed by atoms with van der Waals surface area (Å²) in [6.07, 6.45) is 0. The number of aromatic carboxylic acids is 1. The highest BCUT2D eigenvalue weighted by atomic mass is 32.1. The summed E-state index contributed by atoms with van der Waals surface area (Å²) in [4.78, 5) is 27.5. The lowest BCUT2D eigenvalue weighted by atomic mass is 10.3. The predicted molar refractivity (Wildman–Crippen MR) is 68.4 cm³/mol. The second-order valence-corrected chi connectivity index (χ2v) is 5.15. The van der Waals surface area contributed by atoms with Crippen LogP contribution in [0.1, 0.15) is 25.9 Å². The van der Waals surface area contributed by atoms with Gasteiger partial charge in [0.15, 0.2) is 0 Å². The number of rotatable bonds is 3. The van der Waals surface area contributed by atoms with E-state index in [0.717, 1.165) is 10.6 Å². The molecule has 2 rings (SSSR count). The van der Waals surface area contributed by atoms with Crippen molar-refractivity contribution in [2.24, 2.45) is 0 Å². The number of hydrogen-bond donors (Lipinski definition) is 1. The number of nitrogens with zero attached hydrogens (tertiary/aromatic N) is 2. The molecule has 18 heavy (non-hydrogen) atoms. The van der Waals surface area contributed by atoms with Crippen molar-refractivity contribution in [2.75, 3.05) is 0 Å². The van der Waals surface area contributed by atoms with Gasteiger partial charge < -0.3 is 5.11 Å². The number of thiophene rings is 1. The Labute approximate surface area is 107 Å². The number of aryl methyl sites for hydroxylation is 2. The van der Waals surface area contributed by atoms with E-state index in [0.29, 0.717) is 12.2 Å². The Bertz CT molecular complexity index is 658. The Balaban J connectivity index is 2.34. The molecule has 2 heterocycles. The van der Waals surface area contributed by atoms with Crippen LogP contribution < -0.4 is 5.69 Å². The first-order chi connectivity index (χ1) is 8.47. The van der Waals surface area contributed by atoms with Crippen LogP contribution in [0.15, 0.2) is 23.0 Å². The van der Waals surface area contributed by atoms with Crippen molar-refractivity contribution in [2.45, 2.75) is 20.4 Å². The Hall–Kier alpha value is -1.95. The van der Waals surface area contributed by atoms with Gasteiger partial charge in [-0.1, -0.05) is 0 Å². The number of carbonyl (C=O) groups is 1. The maximum absolute atomic E-state index is 11.7. The Morgan fingerprint density at radius 3 is 2.72 bits per heavy atom. The van der Waals surface area contributed by atoms with Crippen molar-refractivity contribution in [1.82, 2.24) is 9.55 Å². The molecule has 0 saturated heterocycles. The topological polar surface area (TPSA) is 72.2 Å². The Morgan fingerprint density at radius 1 is 1.44 bits per heavy atom. The van der Waals surface area contributed by atoms with Crippen molar-refractivity contribution in [1.29, 1.82) is 0 Å². The van der Waals surface area contributed by atoms with E-state index in [9.17, 15) is 9.59 Å². The summed E-state index contributed by atoms with van der Waals surface area (Å²) in [5.41, 5.74) is 1.20. The number of carboxylic acid groups (broad SMARTS) is 1. The zero-order valence-electron chi connectivity index (χ0n) is 10.0. The van der Waals surface area contributed by atoms with E-state index >= 15 is 0 Å². The van der Waals surface area contributed by atoms with Gasteiger partial charge in [-0.3, -0.25) is 4.57 Å². The smallest absolute Gasteiger partial charge is 0.348 e. The third-order valence-electron chi connectivity index (χ3n) is 2.53. The molecule has 0 saturated carbocycles. The molecule has 2 aromatic heterocycles. The molecule has 0 aliphatic heterocycles. The normalized spacial score (nSPS) is 10.6. The minimum absolute atomic E-state index is 0.274. The van der Waals surface area contributed by atoms with E-state index in [1.165, 1.54) is 15.9 Å². The van der Waals surface area contributed by atoms with E-state index in [1.54, 1.807) is 19.1 Å². The van der Waals surface area contributed by atoms with Gasteiger partial charge in [-0.05, 0) is 32.0 Å². The second-order valence-electron chi connectivity index (χ2n) is 3.98. The summed E-state index contributed by atoms with van der Waals surface area (Å²) in [6.45, 7) is 3.96. The molecule has 0 bridgehead atoms. The fourth-order valence-electron chi connectivity index (χ4n) is 1.70. The van der Waals surface area contributed by atoms with Crippen molar-refractivity contribution >= 4 is 17.3 Å². The van der Waals surface area contributed by atoms with Crippen LogP contribution in [0.3, 0.4) is 0 Å². The van der Waals surface area contributed by atoms with Crippen LogP contribution in [0.5, 0.6) is 0 Å². The quantitative estimate of drug-likeness (QED) is 0.915. The number of aromatic nitrogens is 2. The summed E-state index contributed by atoms with van der Waals surface area (Å²) in [6, 6.07) is 5.09. The van der Waals surface area contributed by atoms with Crippen molar-refractivity contribution < 1.29 is 9.90 Å². The highest BCUT2D eigenvalue weighted by molar-refractivity contribution is 7.13. The van der Waals surface area contributed by atoms with Gasteiger partial charge in [0.25, 0.3) is 0 Å². The van der Waals surface area contributed by atoms with Gasteiger partial charge in [-0.25, -0.2) is 9.59 Å². The van der Waals surface area contributed by atoms with E-state index < -0.39 is 5.97 Å². The molecule has 0 fully saturated rings. The van der Waals surface area contributed by atoms with Gasteiger partial charge in [-0.15, -0.1) is 11.3 Å². The zero-order valence-corrected chi connectivity index (χ0v) is 10.8. The molecular formula is C12H12N2O3S. The summed E-state index contributed by atoms with van der Waals surface area (Å²) in [7, 11) is 0. The maximum atomic E-state index is 11.7. The second kappa shape index (κ2) is 4.73. The standard InChI is InChI=1S/C12H12N2O3S/c1-7-5-8(2)14(12(17)13-7)6-9-3-4-10(18-9)11(15)16/h3-5H,6H2,1-2H3,(H,15,16). The minimum atomic E-state index is -0.947. The van der Waals surface area contributed by atoms with Crippen LogP contribution in [0.25, 0.3) is 0 Å². The van der Waals surface area contributed by atoms with Gasteiger partial charge in [0.05, 0.1) is 6.54 Å². The molecule has 94 valence electrons. The molecule has 0 aliphatic rings. The lowest BCUT2D eigenvalue weighted by Crippen LogP contribution is -2.25. The van der Waals surface area contributed by atoms with Crippen molar-refractivity contribution in [3.8, 4) is 0 Å². The van der Waals surface area contributed by atoms with Crippen LogP contribution in [0.2, 0.25) is 0 Å². The Kier molecular flexibility index (Phi) is 3.29. The average molecular weight is 264 g/mol. The van der Waals surface area contributed by atoms with E-state index in [4.69, 9.17) is 5.11 Å². The number of hydrogen-bond acceptors (Lipinski definition) is 4. The fourth-order valence-corrected chi connectivity index (χ4v) is 2.54. The summed E-state index contributed by atoms with van der Waals surface area (Å²) in [5, 5.41) is 8.84. The SMILES string of the molecule is Cc1cc(C)n(Cc2ccc(C(=O)O)s2)c(=O)n1. The lowest BCUT2D eigenvalue weighted by molar-refractivity contribution is 0.0702. The first-order valence-electron chi connectivity index (χ1n) is 5.34. The molecule has 2 aromatic rings.